The molecular formula is C19H18FN3O. The van der Waals surface area contributed by atoms with E-state index < -0.39 is 6.04 Å². The third kappa shape index (κ3) is 3.35. The maximum absolute atomic E-state index is 13.2. The van der Waals surface area contributed by atoms with Gasteiger partial charge < -0.3 is 9.88 Å². The Morgan fingerprint density at radius 1 is 1.21 bits per heavy atom. The third-order valence-corrected chi connectivity index (χ3v) is 3.88. The van der Waals surface area contributed by atoms with E-state index in [1.165, 1.54) is 12.1 Å². The Bertz CT molecular complexity index is 855. The van der Waals surface area contributed by atoms with E-state index in [1.54, 1.807) is 24.4 Å². The van der Waals surface area contributed by atoms with E-state index in [1.807, 2.05) is 42.9 Å². The minimum Gasteiger partial charge on any atom is -0.338 e. The zero-order chi connectivity index (χ0) is 17.1. The molecule has 4 nitrogen and oxygen atoms in total. The van der Waals surface area contributed by atoms with Crippen molar-refractivity contribution in [1.29, 1.82) is 0 Å². The second-order valence-corrected chi connectivity index (χ2v) is 5.72. The lowest BCUT2D eigenvalue weighted by Crippen LogP contribution is -2.31. The lowest BCUT2D eigenvalue weighted by Gasteiger charge is -2.19. The molecule has 0 fully saturated rings. The molecule has 0 saturated carbocycles. The van der Waals surface area contributed by atoms with Gasteiger partial charge in [0.15, 0.2) is 0 Å². The first-order valence-corrected chi connectivity index (χ1v) is 7.65. The SMILES string of the molecule is Cc1cccc(C(=O)NC(c2ccc(F)cc2)c2nccn2C)c1. The smallest absolute Gasteiger partial charge is 0.252 e. The first kappa shape index (κ1) is 15.9. The predicted molar refractivity (Wildman–Crippen MR) is 90.1 cm³/mol. The number of nitrogens with zero attached hydrogens (tertiary/aromatic N) is 2. The molecule has 0 spiro atoms. The van der Waals surface area contributed by atoms with Crippen molar-refractivity contribution in [3.63, 3.8) is 0 Å². The molecular weight excluding hydrogens is 305 g/mol. The molecule has 0 bridgehead atoms. The van der Waals surface area contributed by atoms with E-state index >= 15 is 0 Å². The molecule has 0 aliphatic carbocycles. The van der Waals surface area contributed by atoms with Gasteiger partial charge in [-0.05, 0) is 36.8 Å². The van der Waals surface area contributed by atoms with Crippen LogP contribution in [0.15, 0.2) is 60.9 Å². The number of imidazole rings is 1. The summed E-state index contributed by atoms with van der Waals surface area (Å²) >= 11 is 0. The van der Waals surface area contributed by atoms with Crippen LogP contribution in [0, 0.1) is 12.7 Å². The van der Waals surface area contributed by atoms with E-state index in [2.05, 4.69) is 10.3 Å². The number of hydrogen-bond acceptors (Lipinski definition) is 2. The Kier molecular flexibility index (Phi) is 4.42. The molecule has 1 unspecified atom stereocenters. The average molecular weight is 323 g/mol. The molecule has 2 aromatic carbocycles. The van der Waals surface area contributed by atoms with Crippen LogP contribution in [-0.4, -0.2) is 15.5 Å². The molecule has 3 rings (SSSR count). The molecule has 0 radical (unpaired) electrons. The van der Waals surface area contributed by atoms with Crippen LogP contribution in [0.25, 0.3) is 0 Å². The molecule has 122 valence electrons. The van der Waals surface area contributed by atoms with Crippen molar-refractivity contribution in [3.05, 3.63) is 89.3 Å². The zero-order valence-corrected chi connectivity index (χ0v) is 13.5. The van der Waals surface area contributed by atoms with Crippen LogP contribution < -0.4 is 5.32 Å². The first-order valence-electron chi connectivity index (χ1n) is 7.65. The van der Waals surface area contributed by atoms with Gasteiger partial charge >= 0.3 is 0 Å². The number of halogens is 1. The number of hydrogen-bond donors (Lipinski definition) is 1. The van der Waals surface area contributed by atoms with Gasteiger partial charge in [-0.2, -0.15) is 0 Å². The number of aromatic nitrogens is 2. The van der Waals surface area contributed by atoms with Crippen molar-refractivity contribution in [2.45, 2.75) is 13.0 Å². The van der Waals surface area contributed by atoms with E-state index in [4.69, 9.17) is 0 Å². The normalized spacial score (nSPS) is 12.0. The molecule has 24 heavy (non-hydrogen) atoms. The van der Waals surface area contributed by atoms with Gasteiger partial charge in [0, 0.05) is 25.0 Å². The van der Waals surface area contributed by atoms with Gasteiger partial charge in [-0.1, -0.05) is 29.8 Å². The van der Waals surface area contributed by atoms with Gasteiger partial charge in [0.05, 0.1) is 0 Å². The molecule has 0 aliphatic heterocycles. The number of nitrogens with one attached hydrogen (secondary N) is 1. The maximum atomic E-state index is 13.2. The lowest BCUT2D eigenvalue weighted by atomic mass is 10.0. The van der Waals surface area contributed by atoms with Crippen molar-refractivity contribution in [3.8, 4) is 0 Å². The van der Waals surface area contributed by atoms with Gasteiger partial charge in [0.1, 0.15) is 17.7 Å². The van der Waals surface area contributed by atoms with Crippen molar-refractivity contribution < 1.29 is 9.18 Å². The summed E-state index contributed by atoms with van der Waals surface area (Å²) in [5, 5.41) is 2.99. The highest BCUT2D eigenvalue weighted by molar-refractivity contribution is 5.94. The number of carbonyl (C=O) groups excluding carboxylic acids is 1. The Balaban J connectivity index is 1.95. The minimum absolute atomic E-state index is 0.198. The molecule has 1 atom stereocenters. The van der Waals surface area contributed by atoms with Gasteiger partial charge in [-0.3, -0.25) is 4.79 Å². The highest BCUT2D eigenvalue weighted by atomic mass is 19.1. The van der Waals surface area contributed by atoms with Crippen LogP contribution in [0.1, 0.15) is 33.4 Å². The predicted octanol–water partition coefficient (Wildman–Crippen LogP) is 3.39. The van der Waals surface area contributed by atoms with Crippen molar-refractivity contribution in [2.24, 2.45) is 7.05 Å². The summed E-state index contributed by atoms with van der Waals surface area (Å²) in [6.07, 6.45) is 3.48. The largest absolute Gasteiger partial charge is 0.338 e. The van der Waals surface area contributed by atoms with E-state index in [-0.39, 0.29) is 11.7 Å². The average Bonchev–Trinajstić information content (AvgIpc) is 2.99. The summed E-state index contributed by atoms with van der Waals surface area (Å²) in [5.74, 6) is 0.168. The fraction of sp³-hybridized carbons (Fsp3) is 0.158. The first-order chi connectivity index (χ1) is 11.5. The molecule has 1 aromatic heterocycles. The van der Waals surface area contributed by atoms with E-state index in [9.17, 15) is 9.18 Å². The molecule has 1 heterocycles. The molecule has 0 saturated heterocycles. The van der Waals surface area contributed by atoms with E-state index in [0.717, 1.165) is 11.1 Å². The monoisotopic (exact) mass is 323 g/mol. The molecule has 1 N–H and O–H groups in total. The fourth-order valence-corrected chi connectivity index (χ4v) is 2.61. The highest BCUT2D eigenvalue weighted by Crippen LogP contribution is 2.21. The molecule has 0 aliphatic rings. The van der Waals surface area contributed by atoms with Crippen LogP contribution >= 0.6 is 0 Å². The quantitative estimate of drug-likeness (QED) is 0.800. The summed E-state index contributed by atoms with van der Waals surface area (Å²) in [6, 6.07) is 13.0. The number of carbonyl (C=O) groups is 1. The van der Waals surface area contributed by atoms with Gasteiger partial charge in [-0.15, -0.1) is 0 Å². The summed E-state index contributed by atoms with van der Waals surface area (Å²) in [4.78, 5) is 17.0. The van der Waals surface area contributed by atoms with Crippen LogP contribution in [0.2, 0.25) is 0 Å². The minimum atomic E-state index is -0.460. The highest BCUT2D eigenvalue weighted by Gasteiger charge is 2.21. The summed E-state index contributed by atoms with van der Waals surface area (Å²) in [7, 11) is 1.86. The van der Waals surface area contributed by atoms with Crippen molar-refractivity contribution >= 4 is 5.91 Å². The molecule has 1 amide bonds. The van der Waals surface area contributed by atoms with Crippen LogP contribution in [0.4, 0.5) is 4.39 Å². The number of amides is 1. The maximum Gasteiger partial charge on any atom is 0.252 e. The standard InChI is InChI=1S/C19H18FN3O/c1-13-4-3-5-15(12-13)19(24)22-17(18-21-10-11-23(18)2)14-6-8-16(20)9-7-14/h3-12,17H,1-2H3,(H,22,24). The number of aryl methyl sites for hydroxylation is 2. The Hall–Kier alpha value is -2.95. The second kappa shape index (κ2) is 6.66. The zero-order valence-electron chi connectivity index (χ0n) is 13.5. The van der Waals surface area contributed by atoms with Gasteiger partial charge in [-0.25, -0.2) is 9.37 Å². The van der Waals surface area contributed by atoms with Crippen LogP contribution in [0.5, 0.6) is 0 Å². The lowest BCUT2D eigenvalue weighted by molar-refractivity contribution is 0.0941. The summed E-state index contributed by atoms with van der Waals surface area (Å²) < 4.78 is 15.1. The van der Waals surface area contributed by atoms with Crippen LogP contribution in [0.3, 0.4) is 0 Å². The van der Waals surface area contributed by atoms with Crippen molar-refractivity contribution in [1.82, 2.24) is 14.9 Å². The van der Waals surface area contributed by atoms with Gasteiger partial charge in [0.2, 0.25) is 0 Å². The molecule has 5 heteroatoms. The fourth-order valence-electron chi connectivity index (χ4n) is 2.61. The number of benzene rings is 2. The van der Waals surface area contributed by atoms with E-state index in [0.29, 0.717) is 11.4 Å². The Morgan fingerprint density at radius 3 is 2.58 bits per heavy atom. The van der Waals surface area contributed by atoms with Crippen LogP contribution in [-0.2, 0) is 7.05 Å². The Labute approximate surface area is 140 Å². The van der Waals surface area contributed by atoms with Crippen molar-refractivity contribution in [2.75, 3.05) is 0 Å². The van der Waals surface area contributed by atoms with Gasteiger partial charge in [0.25, 0.3) is 5.91 Å². The third-order valence-electron chi connectivity index (χ3n) is 3.88. The number of rotatable bonds is 4. The summed E-state index contributed by atoms with van der Waals surface area (Å²) in [6.45, 7) is 1.94. The second-order valence-electron chi connectivity index (χ2n) is 5.72. The Morgan fingerprint density at radius 2 is 1.96 bits per heavy atom. The summed E-state index contributed by atoms with van der Waals surface area (Å²) in [5.41, 5.74) is 2.36. The molecule has 3 aromatic rings. The topological polar surface area (TPSA) is 46.9 Å².